The molecule has 0 aliphatic heterocycles. The lowest BCUT2D eigenvalue weighted by molar-refractivity contribution is 0.0695. The lowest BCUT2D eigenvalue weighted by Crippen LogP contribution is -2.18. The first kappa shape index (κ1) is 17.0. The zero-order valence-corrected chi connectivity index (χ0v) is 15.1. The van der Waals surface area contributed by atoms with Gasteiger partial charge in [0.1, 0.15) is 11.4 Å². The third-order valence-corrected chi connectivity index (χ3v) is 4.88. The van der Waals surface area contributed by atoms with Crippen molar-refractivity contribution < 1.29 is 9.90 Å². The van der Waals surface area contributed by atoms with Gasteiger partial charge in [-0.1, -0.05) is 12.1 Å². The average Bonchev–Trinajstić information content (AvgIpc) is 3.06. The molecule has 2 heterocycles. The molecular weight excluding hydrogens is 342 g/mol. The van der Waals surface area contributed by atoms with E-state index in [9.17, 15) is 14.7 Å². The molecule has 136 valence electrons. The Balaban J connectivity index is 2.03. The summed E-state index contributed by atoms with van der Waals surface area (Å²) in [4.78, 5) is 28.9. The predicted octanol–water partition coefficient (Wildman–Crippen LogP) is 3.76. The first-order valence-corrected chi connectivity index (χ1v) is 8.91. The van der Waals surface area contributed by atoms with Gasteiger partial charge in [0.15, 0.2) is 0 Å². The summed E-state index contributed by atoms with van der Waals surface area (Å²) in [6.07, 6.45) is 1.41. The molecule has 1 N–H and O–H groups in total. The number of aromatic nitrogens is 3. The van der Waals surface area contributed by atoms with Gasteiger partial charge in [0.25, 0.3) is 0 Å². The van der Waals surface area contributed by atoms with Crippen LogP contribution in [0.25, 0.3) is 33.3 Å². The van der Waals surface area contributed by atoms with E-state index >= 15 is 0 Å². The van der Waals surface area contributed by atoms with Crippen LogP contribution in [0, 0.1) is 0 Å². The number of carboxylic acids is 1. The number of aryl methyl sites for hydroxylation is 2. The second-order valence-corrected chi connectivity index (χ2v) is 6.36. The minimum atomic E-state index is -1.21. The molecule has 0 unspecified atom stereocenters. The third kappa shape index (κ3) is 2.61. The molecule has 0 atom stereocenters. The van der Waals surface area contributed by atoms with Crippen LogP contribution in [0.5, 0.6) is 0 Å². The molecule has 0 radical (unpaired) electrons. The summed E-state index contributed by atoms with van der Waals surface area (Å²) in [6.45, 7) is 5.28. The molecule has 27 heavy (non-hydrogen) atoms. The second kappa shape index (κ2) is 6.39. The minimum absolute atomic E-state index is 0.217. The second-order valence-electron chi connectivity index (χ2n) is 6.36. The van der Waals surface area contributed by atoms with Crippen LogP contribution in [0.2, 0.25) is 0 Å². The van der Waals surface area contributed by atoms with E-state index in [1.807, 2.05) is 50.2 Å². The van der Waals surface area contributed by atoms with Crippen molar-refractivity contribution in [2.24, 2.45) is 0 Å². The van der Waals surface area contributed by atoms with Crippen molar-refractivity contribution in [3.05, 3.63) is 64.4 Å². The molecule has 2 aromatic carbocycles. The maximum absolute atomic E-state index is 12.7. The zero-order valence-electron chi connectivity index (χ0n) is 15.1. The molecule has 0 spiro atoms. The number of para-hydroxylation sites is 2. The van der Waals surface area contributed by atoms with E-state index in [1.54, 1.807) is 10.6 Å². The van der Waals surface area contributed by atoms with Crippen LogP contribution in [0.4, 0.5) is 0 Å². The minimum Gasteiger partial charge on any atom is -0.477 e. The summed E-state index contributed by atoms with van der Waals surface area (Å²) >= 11 is 0. The molecule has 0 saturated carbocycles. The Labute approximate surface area is 155 Å². The van der Waals surface area contributed by atoms with E-state index in [2.05, 4.69) is 4.57 Å². The first-order valence-electron chi connectivity index (χ1n) is 8.91. The van der Waals surface area contributed by atoms with Crippen LogP contribution >= 0.6 is 0 Å². The van der Waals surface area contributed by atoms with E-state index < -0.39 is 11.4 Å². The molecule has 0 saturated heterocycles. The molecule has 0 bridgehead atoms. The number of aromatic carboxylic acids is 1. The van der Waals surface area contributed by atoms with Gasteiger partial charge in [-0.25, -0.2) is 9.78 Å². The van der Waals surface area contributed by atoms with Crippen molar-refractivity contribution in [2.75, 3.05) is 0 Å². The fourth-order valence-corrected chi connectivity index (χ4v) is 3.57. The first-order chi connectivity index (χ1) is 13.0. The lowest BCUT2D eigenvalue weighted by atomic mass is 10.1. The molecule has 0 amide bonds. The summed E-state index contributed by atoms with van der Waals surface area (Å²) in [7, 11) is 0. The molecule has 2 aromatic heterocycles. The van der Waals surface area contributed by atoms with Gasteiger partial charge in [-0.15, -0.1) is 0 Å². The molecule has 0 aliphatic rings. The Morgan fingerprint density at radius 3 is 2.56 bits per heavy atom. The Kier molecular flexibility index (Phi) is 4.03. The number of benzene rings is 2. The smallest absolute Gasteiger partial charge is 0.341 e. The predicted molar refractivity (Wildman–Crippen MR) is 105 cm³/mol. The number of nitrogens with zero attached hydrogens (tertiary/aromatic N) is 3. The molecule has 4 aromatic rings. The Bertz CT molecular complexity index is 1250. The van der Waals surface area contributed by atoms with Crippen molar-refractivity contribution in [2.45, 2.75) is 26.9 Å². The van der Waals surface area contributed by atoms with Gasteiger partial charge in [0, 0.05) is 30.2 Å². The maximum atomic E-state index is 12.7. The Morgan fingerprint density at radius 2 is 1.85 bits per heavy atom. The van der Waals surface area contributed by atoms with E-state index in [-0.39, 0.29) is 5.56 Å². The van der Waals surface area contributed by atoms with Crippen molar-refractivity contribution in [3.8, 4) is 11.4 Å². The van der Waals surface area contributed by atoms with Crippen molar-refractivity contribution in [3.63, 3.8) is 0 Å². The SMILES string of the molecule is CCn1cc(C(=O)O)c(=O)c2cc(-c3nc4ccccc4n3CC)ccc21. The van der Waals surface area contributed by atoms with E-state index in [0.29, 0.717) is 11.9 Å². The highest BCUT2D eigenvalue weighted by molar-refractivity contribution is 5.94. The number of hydrogen-bond donors (Lipinski definition) is 1. The summed E-state index contributed by atoms with van der Waals surface area (Å²) in [5.41, 5.74) is 2.74. The molecule has 0 fully saturated rings. The van der Waals surface area contributed by atoms with Gasteiger partial charge >= 0.3 is 5.97 Å². The van der Waals surface area contributed by atoms with E-state index in [4.69, 9.17) is 4.98 Å². The molecule has 0 aliphatic carbocycles. The fraction of sp³-hybridized carbons (Fsp3) is 0.190. The lowest BCUT2D eigenvalue weighted by Gasteiger charge is -2.12. The van der Waals surface area contributed by atoms with Crippen LogP contribution in [0.15, 0.2) is 53.5 Å². The van der Waals surface area contributed by atoms with E-state index in [1.165, 1.54) is 6.20 Å². The molecule has 6 heteroatoms. The van der Waals surface area contributed by atoms with Crippen LogP contribution in [-0.2, 0) is 13.1 Å². The van der Waals surface area contributed by atoms with Crippen molar-refractivity contribution in [1.82, 2.24) is 14.1 Å². The summed E-state index contributed by atoms with van der Waals surface area (Å²) in [5.74, 6) is -0.445. The monoisotopic (exact) mass is 361 g/mol. The number of rotatable bonds is 4. The van der Waals surface area contributed by atoms with Gasteiger partial charge in [-0.05, 0) is 44.2 Å². The Morgan fingerprint density at radius 1 is 1.07 bits per heavy atom. The molecule has 6 nitrogen and oxygen atoms in total. The van der Waals surface area contributed by atoms with Crippen molar-refractivity contribution >= 4 is 27.9 Å². The quantitative estimate of drug-likeness (QED) is 0.600. The largest absolute Gasteiger partial charge is 0.477 e. The third-order valence-electron chi connectivity index (χ3n) is 4.88. The van der Waals surface area contributed by atoms with Gasteiger partial charge in [-0.3, -0.25) is 4.79 Å². The van der Waals surface area contributed by atoms with Gasteiger partial charge < -0.3 is 14.2 Å². The highest BCUT2D eigenvalue weighted by atomic mass is 16.4. The van der Waals surface area contributed by atoms with Gasteiger partial charge in [0.05, 0.1) is 16.6 Å². The number of fused-ring (bicyclic) bond motifs is 2. The molecular formula is C21H19N3O3. The number of imidazole rings is 1. The van der Waals surface area contributed by atoms with E-state index in [0.717, 1.165) is 34.5 Å². The summed E-state index contributed by atoms with van der Waals surface area (Å²) in [5, 5.41) is 9.77. The van der Waals surface area contributed by atoms with Crippen LogP contribution in [0.3, 0.4) is 0 Å². The van der Waals surface area contributed by atoms with Crippen LogP contribution in [-0.4, -0.2) is 25.2 Å². The highest BCUT2D eigenvalue weighted by Crippen LogP contribution is 2.27. The average molecular weight is 361 g/mol. The Hall–Kier alpha value is -3.41. The topological polar surface area (TPSA) is 77.1 Å². The fourth-order valence-electron chi connectivity index (χ4n) is 3.57. The normalized spacial score (nSPS) is 11.3. The zero-order chi connectivity index (χ0) is 19.1. The summed E-state index contributed by atoms with van der Waals surface area (Å²) in [6, 6.07) is 13.4. The highest BCUT2D eigenvalue weighted by Gasteiger charge is 2.17. The van der Waals surface area contributed by atoms with Gasteiger partial charge in [-0.2, -0.15) is 0 Å². The standard InChI is InChI=1S/C21H19N3O3/c1-3-23-12-15(21(26)27)19(25)14-11-13(9-10-17(14)23)20-22-16-7-5-6-8-18(16)24(20)4-2/h5-12H,3-4H2,1-2H3,(H,26,27). The number of carboxylic acid groups (broad SMARTS) is 1. The number of carbonyl (C=O) groups is 1. The van der Waals surface area contributed by atoms with Crippen molar-refractivity contribution in [1.29, 1.82) is 0 Å². The number of pyridine rings is 1. The maximum Gasteiger partial charge on any atom is 0.341 e. The summed E-state index contributed by atoms with van der Waals surface area (Å²) < 4.78 is 3.88. The number of hydrogen-bond acceptors (Lipinski definition) is 3. The van der Waals surface area contributed by atoms with Gasteiger partial charge in [0.2, 0.25) is 5.43 Å². The van der Waals surface area contributed by atoms with Crippen LogP contribution < -0.4 is 5.43 Å². The molecule has 4 rings (SSSR count). The van der Waals surface area contributed by atoms with Crippen LogP contribution in [0.1, 0.15) is 24.2 Å².